The molecule has 1 atom stereocenters. The number of fused-ring (bicyclic) bond motifs is 2. The molecule has 5 nitrogen and oxygen atoms in total. The van der Waals surface area contributed by atoms with Crippen molar-refractivity contribution >= 4 is 51.1 Å². The number of halogens is 1. The Bertz CT molecular complexity index is 1370. The number of nitrogens with one attached hydrogen (secondary N) is 1. The van der Waals surface area contributed by atoms with Crippen LogP contribution < -0.4 is 5.32 Å². The maximum absolute atomic E-state index is 13.4. The number of ether oxygens (including phenoxy) is 1. The minimum Gasteiger partial charge on any atom is -0.452 e. The Kier molecular flexibility index (Phi) is 6.58. The Morgan fingerprint density at radius 3 is 2.53 bits per heavy atom. The van der Waals surface area contributed by atoms with Gasteiger partial charge >= 0.3 is 5.97 Å². The SMILES string of the molecule is O=C(COC(=O)c1c2c(nc3ccccc13)CCC(c1ccccc1)C2)Nc1ccccc1I. The van der Waals surface area contributed by atoms with E-state index in [2.05, 4.69) is 40.0 Å². The fraction of sp³-hybridized carbons (Fsp3) is 0.179. The van der Waals surface area contributed by atoms with E-state index in [1.165, 1.54) is 5.56 Å². The van der Waals surface area contributed by atoms with Gasteiger partial charge < -0.3 is 10.1 Å². The number of carbonyl (C=O) groups excluding carboxylic acids is 2. The first-order chi connectivity index (χ1) is 16.6. The van der Waals surface area contributed by atoms with Crippen LogP contribution in [0.2, 0.25) is 0 Å². The van der Waals surface area contributed by atoms with Crippen LogP contribution in [0, 0.1) is 3.57 Å². The van der Waals surface area contributed by atoms with Crippen LogP contribution in [0.1, 0.15) is 39.5 Å². The van der Waals surface area contributed by atoms with Gasteiger partial charge in [-0.3, -0.25) is 9.78 Å². The van der Waals surface area contributed by atoms with Crippen molar-refractivity contribution in [3.63, 3.8) is 0 Å². The van der Waals surface area contributed by atoms with E-state index >= 15 is 0 Å². The fourth-order valence-electron chi connectivity index (χ4n) is 4.58. The Morgan fingerprint density at radius 2 is 1.71 bits per heavy atom. The van der Waals surface area contributed by atoms with Crippen LogP contribution in [0.5, 0.6) is 0 Å². The molecule has 6 heteroatoms. The molecule has 1 aromatic heterocycles. The second-order valence-corrected chi connectivity index (χ2v) is 9.55. The number of para-hydroxylation sites is 2. The number of anilines is 1. The summed E-state index contributed by atoms with van der Waals surface area (Å²) in [5.74, 6) is -0.542. The molecular weight excluding hydrogens is 539 g/mol. The third kappa shape index (κ3) is 4.68. The van der Waals surface area contributed by atoms with Crippen molar-refractivity contribution in [1.29, 1.82) is 0 Å². The topological polar surface area (TPSA) is 68.3 Å². The molecule has 1 unspecified atom stereocenters. The molecule has 0 bridgehead atoms. The number of hydrogen-bond acceptors (Lipinski definition) is 4. The van der Waals surface area contributed by atoms with Crippen LogP contribution in [0.3, 0.4) is 0 Å². The molecule has 0 fully saturated rings. The summed E-state index contributed by atoms with van der Waals surface area (Å²) in [5, 5.41) is 3.57. The number of carbonyl (C=O) groups is 2. The van der Waals surface area contributed by atoms with Gasteiger partial charge in [0.15, 0.2) is 6.61 Å². The zero-order chi connectivity index (χ0) is 23.5. The lowest BCUT2D eigenvalue weighted by Gasteiger charge is -2.26. The Morgan fingerprint density at radius 1 is 0.971 bits per heavy atom. The second-order valence-electron chi connectivity index (χ2n) is 8.38. The molecule has 170 valence electrons. The predicted molar refractivity (Wildman–Crippen MR) is 141 cm³/mol. The first-order valence-electron chi connectivity index (χ1n) is 11.3. The number of hydrogen-bond donors (Lipinski definition) is 1. The van der Waals surface area contributed by atoms with Crippen LogP contribution in [-0.2, 0) is 22.4 Å². The summed E-state index contributed by atoms with van der Waals surface area (Å²) in [5.41, 5.74) is 5.14. The zero-order valence-corrected chi connectivity index (χ0v) is 20.6. The lowest BCUT2D eigenvalue weighted by atomic mass is 9.80. The smallest absolute Gasteiger partial charge is 0.339 e. The van der Waals surface area contributed by atoms with Gasteiger partial charge in [-0.1, -0.05) is 60.7 Å². The largest absolute Gasteiger partial charge is 0.452 e. The average molecular weight is 562 g/mol. The van der Waals surface area contributed by atoms with Crippen molar-refractivity contribution in [2.24, 2.45) is 0 Å². The molecule has 3 aromatic carbocycles. The molecule has 0 saturated carbocycles. The van der Waals surface area contributed by atoms with Gasteiger partial charge in [-0.05, 0) is 77.1 Å². The minimum atomic E-state index is -0.485. The number of aromatic nitrogens is 1. The summed E-state index contributed by atoms with van der Waals surface area (Å²) in [6.45, 7) is -0.350. The first kappa shape index (κ1) is 22.5. The minimum absolute atomic E-state index is 0.312. The standard InChI is InChI=1S/C28H23IN2O3/c29-22-11-5-7-13-25(22)31-26(32)17-34-28(33)27-20-10-4-6-12-23(20)30-24-15-14-19(16-21(24)27)18-8-2-1-3-9-18/h1-13,19H,14-17H2,(H,31,32). The van der Waals surface area contributed by atoms with E-state index in [-0.39, 0.29) is 12.5 Å². The Hall–Kier alpha value is -3.26. The van der Waals surface area contributed by atoms with Crippen molar-refractivity contribution in [3.05, 3.63) is 105 Å². The average Bonchev–Trinajstić information content (AvgIpc) is 2.87. The molecular formula is C28H23IN2O3. The number of aryl methyl sites for hydroxylation is 1. The van der Waals surface area contributed by atoms with Crippen molar-refractivity contribution in [2.45, 2.75) is 25.2 Å². The zero-order valence-electron chi connectivity index (χ0n) is 18.5. The molecule has 1 aliphatic carbocycles. The normalized spacial score (nSPS) is 14.9. The molecule has 0 spiro atoms. The van der Waals surface area contributed by atoms with E-state index in [9.17, 15) is 9.59 Å². The molecule has 5 rings (SSSR count). The third-order valence-corrected chi connectivity index (χ3v) is 7.16. The lowest BCUT2D eigenvalue weighted by Crippen LogP contribution is -2.24. The summed E-state index contributed by atoms with van der Waals surface area (Å²) in [6, 6.07) is 25.5. The molecule has 0 saturated heterocycles. The van der Waals surface area contributed by atoms with E-state index < -0.39 is 5.97 Å². The van der Waals surface area contributed by atoms with Crippen LogP contribution in [0.25, 0.3) is 10.9 Å². The number of rotatable bonds is 5. The van der Waals surface area contributed by atoms with Gasteiger partial charge in [-0.15, -0.1) is 0 Å². The highest BCUT2D eigenvalue weighted by Crippen LogP contribution is 2.36. The van der Waals surface area contributed by atoms with Gasteiger partial charge in [0.1, 0.15) is 0 Å². The number of nitrogens with zero attached hydrogens (tertiary/aromatic N) is 1. The molecule has 1 aliphatic rings. The molecule has 1 N–H and O–H groups in total. The molecule has 1 amide bonds. The quantitative estimate of drug-likeness (QED) is 0.243. The van der Waals surface area contributed by atoms with E-state index in [0.717, 1.165) is 45.0 Å². The highest BCUT2D eigenvalue weighted by molar-refractivity contribution is 14.1. The third-order valence-electron chi connectivity index (χ3n) is 6.22. The monoisotopic (exact) mass is 562 g/mol. The van der Waals surface area contributed by atoms with Crippen LogP contribution in [0.15, 0.2) is 78.9 Å². The Labute approximate surface area is 211 Å². The molecule has 4 aromatic rings. The summed E-state index contributed by atoms with van der Waals surface area (Å²) < 4.78 is 6.45. The Balaban J connectivity index is 1.42. The molecule has 0 radical (unpaired) electrons. The highest BCUT2D eigenvalue weighted by Gasteiger charge is 2.28. The maximum atomic E-state index is 13.4. The summed E-state index contributed by atoms with van der Waals surface area (Å²) in [4.78, 5) is 30.7. The van der Waals surface area contributed by atoms with E-state index in [1.54, 1.807) is 0 Å². The first-order valence-corrected chi connectivity index (χ1v) is 12.3. The fourth-order valence-corrected chi connectivity index (χ4v) is 5.11. The molecule has 0 aliphatic heterocycles. The summed E-state index contributed by atoms with van der Waals surface area (Å²) >= 11 is 2.15. The van der Waals surface area contributed by atoms with Crippen molar-refractivity contribution < 1.29 is 14.3 Å². The van der Waals surface area contributed by atoms with E-state index in [4.69, 9.17) is 9.72 Å². The van der Waals surface area contributed by atoms with Gasteiger partial charge in [0.05, 0.1) is 16.8 Å². The van der Waals surface area contributed by atoms with Crippen molar-refractivity contribution in [1.82, 2.24) is 4.98 Å². The number of benzene rings is 3. The molecule has 1 heterocycles. The lowest BCUT2D eigenvalue weighted by molar-refractivity contribution is -0.119. The van der Waals surface area contributed by atoms with Crippen LogP contribution in [-0.4, -0.2) is 23.5 Å². The van der Waals surface area contributed by atoms with Crippen molar-refractivity contribution in [3.8, 4) is 0 Å². The van der Waals surface area contributed by atoms with E-state index in [0.29, 0.717) is 17.2 Å². The van der Waals surface area contributed by atoms with Gasteiger partial charge in [0.2, 0.25) is 0 Å². The number of pyridine rings is 1. The second kappa shape index (κ2) is 9.93. The van der Waals surface area contributed by atoms with Gasteiger partial charge in [0, 0.05) is 14.7 Å². The summed E-state index contributed by atoms with van der Waals surface area (Å²) in [6.07, 6.45) is 2.50. The van der Waals surface area contributed by atoms with Crippen LogP contribution >= 0.6 is 22.6 Å². The molecule has 34 heavy (non-hydrogen) atoms. The van der Waals surface area contributed by atoms with Gasteiger partial charge in [-0.2, -0.15) is 0 Å². The number of esters is 1. The summed E-state index contributed by atoms with van der Waals surface area (Å²) in [7, 11) is 0. The van der Waals surface area contributed by atoms with E-state index in [1.807, 2.05) is 66.7 Å². The van der Waals surface area contributed by atoms with Crippen LogP contribution in [0.4, 0.5) is 5.69 Å². The van der Waals surface area contributed by atoms with Gasteiger partial charge in [-0.25, -0.2) is 4.79 Å². The number of amides is 1. The predicted octanol–water partition coefficient (Wildman–Crippen LogP) is 5.91. The van der Waals surface area contributed by atoms with Crippen molar-refractivity contribution in [2.75, 3.05) is 11.9 Å². The highest BCUT2D eigenvalue weighted by atomic mass is 127. The maximum Gasteiger partial charge on any atom is 0.339 e. The van der Waals surface area contributed by atoms with Gasteiger partial charge in [0.25, 0.3) is 5.91 Å².